The molecule has 8 heteroatoms. The van der Waals surface area contributed by atoms with Gasteiger partial charge in [0.2, 0.25) is 5.91 Å². The minimum absolute atomic E-state index is 0.00378. The second-order valence-corrected chi connectivity index (χ2v) is 9.77. The van der Waals surface area contributed by atoms with Gasteiger partial charge in [0, 0.05) is 31.2 Å². The van der Waals surface area contributed by atoms with E-state index in [0.717, 1.165) is 18.4 Å². The highest BCUT2D eigenvalue weighted by molar-refractivity contribution is 7.91. The molecule has 0 bridgehead atoms. The van der Waals surface area contributed by atoms with E-state index >= 15 is 0 Å². The van der Waals surface area contributed by atoms with Crippen LogP contribution in [0, 0.1) is 0 Å². The van der Waals surface area contributed by atoms with Gasteiger partial charge in [0.1, 0.15) is 0 Å². The molecule has 148 valence electrons. The maximum absolute atomic E-state index is 12.8. The summed E-state index contributed by atoms with van der Waals surface area (Å²) in [6.07, 6.45) is 2.48. The van der Waals surface area contributed by atoms with Crippen LogP contribution in [0.2, 0.25) is 0 Å². The molecule has 7 nitrogen and oxygen atoms in total. The molecule has 1 aliphatic carbocycles. The van der Waals surface area contributed by atoms with Gasteiger partial charge in [-0.3, -0.25) is 14.5 Å². The zero-order valence-corrected chi connectivity index (χ0v) is 16.7. The fourth-order valence-electron chi connectivity index (χ4n) is 3.64. The number of rotatable bonds is 7. The van der Waals surface area contributed by atoms with Crippen LogP contribution >= 0.6 is 0 Å². The average Bonchev–Trinajstić information content (AvgIpc) is 3.38. The molecule has 1 atom stereocenters. The van der Waals surface area contributed by atoms with Gasteiger partial charge in [-0.1, -0.05) is 12.1 Å². The van der Waals surface area contributed by atoms with Crippen molar-refractivity contribution in [2.45, 2.75) is 37.9 Å². The first-order valence-electron chi connectivity index (χ1n) is 9.30. The molecule has 2 aliphatic rings. The van der Waals surface area contributed by atoms with E-state index in [-0.39, 0.29) is 41.9 Å². The molecule has 2 amide bonds. The molecule has 0 radical (unpaired) electrons. The Balaban J connectivity index is 1.58. The highest BCUT2D eigenvalue weighted by Gasteiger charge is 2.42. The van der Waals surface area contributed by atoms with Crippen LogP contribution in [0.25, 0.3) is 0 Å². The Morgan fingerprint density at radius 1 is 1.11 bits per heavy atom. The summed E-state index contributed by atoms with van der Waals surface area (Å²) in [6.45, 7) is 0.839. The first kappa shape index (κ1) is 19.8. The van der Waals surface area contributed by atoms with E-state index in [1.807, 2.05) is 29.0 Å². The van der Waals surface area contributed by atoms with Crippen molar-refractivity contribution < 1.29 is 18.0 Å². The van der Waals surface area contributed by atoms with Crippen molar-refractivity contribution in [3.05, 3.63) is 35.4 Å². The molecular formula is C19H27N3O4S. The molecular weight excluding hydrogens is 366 g/mol. The van der Waals surface area contributed by atoms with Crippen LogP contribution in [0.15, 0.2) is 24.3 Å². The molecule has 1 aromatic rings. The van der Waals surface area contributed by atoms with Crippen LogP contribution in [-0.2, 0) is 21.2 Å². The molecule has 0 spiro atoms. The molecule has 0 unspecified atom stereocenters. The van der Waals surface area contributed by atoms with Gasteiger partial charge in [-0.25, -0.2) is 8.42 Å². The summed E-state index contributed by atoms with van der Waals surface area (Å²) in [5, 5.41) is 2.59. The maximum Gasteiger partial charge on any atom is 0.251 e. The molecule has 3 rings (SSSR count). The average molecular weight is 394 g/mol. The molecule has 2 fully saturated rings. The van der Waals surface area contributed by atoms with E-state index in [0.29, 0.717) is 18.5 Å². The number of hydrogen-bond acceptors (Lipinski definition) is 5. The van der Waals surface area contributed by atoms with Crippen LogP contribution in [0.4, 0.5) is 0 Å². The van der Waals surface area contributed by atoms with Crippen LogP contribution in [-0.4, -0.2) is 74.3 Å². The van der Waals surface area contributed by atoms with Gasteiger partial charge in [0.05, 0.1) is 18.1 Å². The summed E-state index contributed by atoms with van der Waals surface area (Å²) in [6, 6.07) is 7.33. The first-order valence-corrected chi connectivity index (χ1v) is 11.1. The van der Waals surface area contributed by atoms with E-state index in [9.17, 15) is 18.0 Å². The fourth-order valence-corrected chi connectivity index (χ4v) is 5.35. The SMILES string of the molecule is CNC(=O)c1ccc(CN(C)CC(=O)N(C2CC2)[C@H]2CCS(=O)(=O)C2)cc1. The Kier molecular flexibility index (Phi) is 5.86. The van der Waals surface area contributed by atoms with Gasteiger partial charge in [-0.15, -0.1) is 0 Å². The minimum atomic E-state index is -3.01. The van der Waals surface area contributed by atoms with E-state index in [4.69, 9.17) is 0 Å². The molecule has 27 heavy (non-hydrogen) atoms. The number of sulfone groups is 1. The Morgan fingerprint density at radius 2 is 1.78 bits per heavy atom. The summed E-state index contributed by atoms with van der Waals surface area (Å²) in [4.78, 5) is 28.2. The quantitative estimate of drug-likeness (QED) is 0.735. The van der Waals surface area contributed by atoms with Gasteiger partial charge >= 0.3 is 0 Å². The van der Waals surface area contributed by atoms with Gasteiger partial charge in [0.15, 0.2) is 9.84 Å². The highest BCUT2D eigenvalue weighted by atomic mass is 32.2. The number of amides is 2. The van der Waals surface area contributed by atoms with Crippen molar-refractivity contribution in [3.8, 4) is 0 Å². The number of hydrogen-bond donors (Lipinski definition) is 1. The van der Waals surface area contributed by atoms with Crippen molar-refractivity contribution in [1.29, 1.82) is 0 Å². The molecule has 1 aromatic carbocycles. The Bertz CT molecular complexity index is 803. The third kappa shape index (κ3) is 5.07. The number of carbonyl (C=O) groups is 2. The van der Waals surface area contributed by atoms with Crippen molar-refractivity contribution in [1.82, 2.24) is 15.1 Å². The lowest BCUT2D eigenvalue weighted by atomic mass is 10.1. The highest BCUT2D eigenvalue weighted by Crippen LogP contribution is 2.32. The first-order chi connectivity index (χ1) is 12.8. The van der Waals surface area contributed by atoms with E-state index in [1.165, 1.54) is 0 Å². The van der Waals surface area contributed by atoms with Gasteiger partial charge in [-0.05, 0) is 44.0 Å². The summed E-state index contributed by atoms with van der Waals surface area (Å²) in [7, 11) is 0.460. The maximum atomic E-state index is 12.8. The van der Waals surface area contributed by atoms with Crippen LogP contribution in [0.3, 0.4) is 0 Å². The number of nitrogens with zero attached hydrogens (tertiary/aromatic N) is 2. The largest absolute Gasteiger partial charge is 0.355 e. The summed E-state index contributed by atoms with van der Waals surface area (Å²) in [5.74, 6) is 0.155. The second kappa shape index (κ2) is 7.98. The lowest BCUT2D eigenvalue weighted by molar-refractivity contribution is -0.134. The van der Waals surface area contributed by atoms with Gasteiger partial charge < -0.3 is 10.2 Å². The number of benzene rings is 1. The van der Waals surface area contributed by atoms with Crippen molar-refractivity contribution >= 4 is 21.7 Å². The van der Waals surface area contributed by atoms with Crippen molar-refractivity contribution in [2.75, 3.05) is 32.1 Å². The third-order valence-electron chi connectivity index (χ3n) is 5.13. The zero-order chi connectivity index (χ0) is 19.6. The Morgan fingerprint density at radius 3 is 2.30 bits per heavy atom. The zero-order valence-electron chi connectivity index (χ0n) is 15.8. The number of carbonyl (C=O) groups excluding carboxylic acids is 2. The topological polar surface area (TPSA) is 86.8 Å². The Hall–Kier alpha value is -1.93. The molecule has 1 saturated carbocycles. The fraction of sp³-hybridized carbons (Fsp3) is 0.579. The summed E-state index contributed by atoms with van der Waals surface area (Å²) >= 11 is 0. The molecule has 1 heterocycles. The summed E-state index contributed by atoms with van der Waals surface area (Å²) in [5.41, 5.74) is 1.61. The molecule has 1 N–H and O–H groups in total. The monoisotopic (exact) mass is 393 g/mol. The van der Waals surface area contributed by atoms with E-state index < -0.39 is 9.84 Å². The predicted molar refractivity (Wildman–Crippen MR) is 103 cm³/mol. The Labute approximate surface area is 160 Å². The van der Waals surface area contributed by atoms with Crippen molar-refractivity contribution in [3.63, 3.8) is 0 Å². The third-order valence-corrected chi connectivity index (χ3v) is 6.88. The van der Waals surface area contributed by atoms with Gasteiger partial charge in [-0.2, -0.15) is 0 Å². The smallest absolute Gasteiger partial charge is 0.251 e. The van der Waals surface area contributed by atoms with Crippen molar-refractivity contribution in [2.24, 2.45) is 0 Å². The van der Waals surface area contributed by atoms with E-state index in [2.05, 4.69) is 5.32 Å². The molecule has 1 aliphatic heterocycles. The predicted octanol–water partition coefficient (Wildman–Crippen LogP) is 0.656. The standard InChI is InChI=1S/C19H27N3O4S/c1-20-19(24)15-5-3-14(4-6-15)11-21(2)12-18(23)22(16-7-8-16)17-9-10-27(25,26)13-17/h3-6,16-17H,7-13H2,1-2H3,(H,20,24)/t17-/m0/s1. The second-order valence-electron chi connectivity index (χ2n) is 7.54. The van der Waals surface area contributed by atoms with Crippen LogP contribution in [0.5, 0.6) is 0 Å². The lowest BCUT2D eigenvalue weighted by Gasteiger charge is -2.30. The normalized spacial score (nSPS) is 21.2. The molecule has 0 aromatic heterocycles. The van der Waals surface area contributed by atoms with E-state index in [1.54, 1.807) is 19.2 Å². The molecule has 1 saturated heterocycles. The summed E-state index contributed by atoms with van der Waals surface area (Å²) < 4.78 is 23.6. The van der Waals surface area contributed by atoms with Crippen LogP contribution in [0.1, 0.15) is 35.2 Å². The number of likely N-dealkylation sites (N-methyl/N-ethyl adjacent to an activating group) is 1. The van der Waals surface area contributed by atoms with Gasteiger partial charge in [0.25, 0.3) is 5.91 Å². The van der Waals surface area contributed by atoms with Crippen LogP contribution < -0.4 is 5.32 Å². The minimum Gasteiger partial charge on any atom is -0.355 e. The lowest BCUT2D eigenvalue weighted by Crippen LogP contribution is -2.46. The number of nitrogens with one attached hydrogen (secondary N) is 1.